The van der Waals surface area contributed by atoms with Crippen molar-refractivity contribution in [3.63, 3.8) is 0 Å². The van der Waals surface area contributed by atoms with Crippen LogP contribution in [0.4, 0.5) is 8.78 Å². The van der Waals surface area contributed by atoms with Crippen LogP contribution in [-0.2, 0) is 5.33 Å². The molecule has 0 aliphatic carbocycles. The lowest BCUT2D eigenvalue weighted by atomic mass is 10.2. The van der Waals surface area contributed by atoms with E-state index in [4.69, 9.17) is 4.74 Å². The van der Waals surface area contributed by atoms with Crippen molar-refractivity contribution in [1.82, 2.24) is 0 Å². The van der Waals surface area contributed by atoms with E-state index in [1.54, 1.807) is 18.2 Å². The van der Waals surface area contributed by atoms with E-state index in [0.717, 1.165) is 5.56 Å². The molecule has 0 radical (unpaired) electrons. The largest absolute Gasteiger partial charge is 0.454 e. The highest BCUT2D eigenvalue weighted by atomic mass is 79.9. The number of benzene rings is 2. The molecule has 0 spiro atoms. The molecule has 0 atom stereocenters. The van der Waals surface area contributed by atoms with Crippen LogP contribution in [-0.4, -0.2) is 0 Å². The van der Waals surface area contributed by atoms with Gasteiger partial charge in [0.1, 0.15) is 11.6 Å². The quantitative estimate of drug-likeness (QED) is 0.728. The molecule has 4 heteroatoms. The van der Waals surface area contributed by atoms with E-state index >= 15 is 0 Å². The van der Waals surface area contributed by atoms with Gasteiger partial charge in [0, 0.05) is 10.9 Å². The van der Waals surface area contributed by atoms with Crippen LogP contribution in [0.3, 0.4) is 0 Å². The number of hydrogen-bond acceptors (Lipinski definition) is 1. The molecular weight excluding hydrogens is 302 g/mol. The predicted molar refractivity (Wildman–Crippen MR) is 70.2 cm³/mol. The van der Waals surface area contributed by atoms with Crippen molar-refractivity contribution in [3.8, 4) is 11.5 Å². The highest BCUT2D eigenvalue weighted by Gasteiger charge is 2.11. The van der Waals surface area contributed by atoms with Gasteiger partial charge in [0.05, 0.1) is 0 Å². The zero-order valence-corrected chi connectivity index (χ0v) is 11.3. The summed E-state index contributed by atoms with van der Waals surface area (Å²) in [5, 5.41) is 0.308. The molecule has 0 amide bonds. The average molecular weight is 313 g/mol. The average Bonchev–Trinajstić information content (AvgIpc) is 2.34. The summed E-state index contributed by atoms with van der Waals surface area (Å²) in [7, 11) is 0. The minimum atomic E-state index is -0.467. The first-order chi connectivity index (χ1) is 8.61. The lowest BCUT2D eigenvalue weighted by molar-refractivity contribution is 0.434. The maximum absolute atomic E-state index is 13.6. The first-order valence-electron chi connectivity index (χ1n) is 5.39. The molecule has 2 aromatic rings. The minimum Gasteiger partial charge on any atom is -0.454 e. The van der Waals surface area contributed by atoms with Crippen molar-refractivity contribution in [3.05, 3.63) is 59.2 Å². The lowest BCUT2D eigenvalue weighted by Crippen LogP contribution is -1.95. The molecular formula is C14H11BrF2O. The summed E-state index contributed by atoms with van der Waals surface area (Å²) >= 11 is 3.19. The van der Waals surface area contributed by atoms with E-state index in [0.29, 0.717) is 16.6 Å². The Morgan fingerprint density at radius 3 is 2.56 bits per heavy atom. The molecule has 2 aromatic carbocycles. The molecule has 0 aromatic heterocycles. The molecule has 0 aliphatic heterocycles. The van der Waals surface area contributed by atoms with Gasteiger partial charge in [-0.1, -0.05) is 28.1 Å². The number of rotatable bonds is 3. The fraction of sp³-hybridized carbons (Fsp3) is 0.143. The van der Waals surface area contributed by atoms with E-state index in [9.17, 15) is 8.78 Å². The highest BCUT2D eigenvalue weighted by Crippen LogP contribution is 2.30. The number of aryl methyl sites for hydroxylation is 1. The summed E-state index contributed by atoms with van der Waals surface area (Å²) in [5.41, 5.74) is 1.25. The number of halogens is 3. The zero-order valence-electron chi connectivity index (χ0n) is 9.71. The lowest BCUT2D eigenvalue weighted by Gasteiger charge is -2.11. The summed E-state index contributed by atoms with van der Waals surface area (Å²) in [6.45, 7) is 1.84. The van der Waals surface area contributed by atoms with Crippen molar-refractivity contribution >= 4 is 15.9 Å². The van der Waals surface area contributed by atoms with Gasteiger partial charge in [-0.05, 0) is 36.8 Å². The predicted octanol–water partition coefficient (Wildman–Crippen LogP) is 4.96. The molecule has 0 saturated carbocycles. The normalized spacial score (nSPS) is 10.4. The molecule has 18 heavy (non-hydrogen) atoms. The summed E-state index contributed by atoms with van der Waals surface area (Å²) in [6.07, 6.45) is 0. The van der Waals surface area contributed by atoms with E-state index in [2.05, 4.69) is 15.9 Å². The zero-order chi connectivity index (χ0) is 13.1. The topological polar surface area (TPSA) is 9.23 Å². The Bertz CT molecular complexity index is 570. The Kier molecular flexibility index (Phi) is 3.97. The van der Waals surface area contributed by atoms with Crippen LogP contribution in [0.5, 0.6) is 11.5 Å². The SMILES string of the molecule is Cc1ccc(F)c(Oc2cccc(F)c2CBr)c1. The maximum Gasteiger partial charge on any atom is 0.165 e. The Hall–Kier alpha value is -1.42. The summed E-state index contributed by atoms with van der Waals surface area (Å²) < 4.78 is 32.5. The van der Waals surface area contributed by atoms with Gasteiger partial charge in [0.25, 0.3) is 0 Å². The molecule has 0 fully saturated rings. The van der Waals surface area contributed by atoms with Gasteiger partial charge in [-0.2, -0.15) is 0 Å². The van der Waals surface area contributed by atoms with Gasteiger partial charge in [0.2, 0.25) is 0 Å². The Balaban J connectivity index is 2.40. The summed E-state index contributed by atoms with van der Waals surface area (Å²) in [5.74, 6) is -0.429. The van der Waals surface area contributed by atoms with Gasteiger partial charge in [-0.25, -0.2) is 8.78 Å². The smallest absolute Gasteiger partial charge is 0.165 e. The standard InChI is InChI=1S/C14H11BrF2O/c1-9-5-6-12(17)14(7-9)18-13-4-2-3-11(16)10(13)8-15/h2-7H,8H2,1H3. The molecule has 0 heterocycles. The molecule has 1 nitrogen and oxygen atoms in total. The van der Waals surface area contributed by atoms with Crippen LogP contribution in [0.1, 0.15) is 11.1 Å². The second-order valence-corrected chi connectivity index (χ2v) is 4.45. The summed E-state index contributed by atoms with van der Waals surface area (Å²) in [6, 6.07) is 9.05. The Labute approximate surface area is 113 Å². The third-order valence-electron chi connectivity index (χ3n) is 2.52. The third kappa shape index (κ3) is 2.70. The van der Waals surface area contributed by atoms with Crippen LogP contribution in [0.15, 0.2) is 36.4 Å². The Morgan fingerprint density at radius 1 is 1.06 bits per heavy atom. The van der Waals surface area contributed by atoms with E-state index < -0.39 is 5.82 Å². The van der Waals surface area contributed by atoms with Crippen molar-refractivity contribution in [2.45, 2.75) is 12.3 Å². The molecule has 0 aliphatic rings. The van der Waals surface area contributed by atoms with E-state index in [-0.39, 0.29) is 11.6 Å². The Morgan fingerprint density at radius 2 is 1.83 bits per heavy atom. The first-order valence-corrected chi connectivity index (χ1v) is 6.51. The fourth-order valence-electron chi connectivity index (χ4n) is 1.57. The van der Waals surface area contributed by atoms with Gasteiger partial charge in [-0.3, -0.25) is 0 Å². The van der Waals surface area contributed by atoms with Crippen LogP contribution >= 0.6 is 15.9 Å². The van der Waals surface area contributed by atoms with E-state index in [1.165, 1.54) is 18.2 Å². The highest BCUT2D eigenvalue weighted by molar-refractivity contribution is 9.08. The molecule has 0 saturated heterocycles. The monoisotopic (exact) mass is 312 g/mol. The first kappa shape index (κ1) is 13.0. The van der Waals surface area contributed by atoms with Gasteiger partial charge in [-0.15, -0.1) is 0 Å². The van der Waals surface area contributed by atoms with Crippen LogP contribution in [0.2, 0.25) is 0 Å². The molecule has 2 rings (SSSR count). The fourth-order valence-corrected chi connectivity index (χ4v) is 2.12. The van der Waals surface area contributed by atoms with Gasteiger partial charge >= 0.3 is 0 Å². The minimum absolute atomic E-state index is 0.0998. The second kappa shape index (κ2) is 5.48. The second-order valence-electron chi connectivity index (χ2n) is 3.89. The summed E-state index contributed by atoms with van der Waals surface area (Å²) in [4.78, 5) is 0. The molecule has 0 bridgehead atoms. The van der Waals surface area contributed by atoms with Crippen LogP contribution in [0.25, 0.3) is 0 Å². The third-order valence-corrected chi connectivity index (χ3v) is 3.08. The van der Waals surface area contributed by atoms with Crippen molar-refractivity contribution < 1.29 is 13.5 Å². The number of alkyl halides is 1. The molecule has 0 unspecified atom stereocenters. The van der Waals surface area contributed by atoms with Crippen molar-refractivity contribution in [2.24, 2.45) is 0 Å². The molecule has 94 valence electrons. The van der Waals surface area contributed by atoms with Crippen molar-refractivity contribution in [1.29, 1.82) is 0 Å². The van der Waals surface area contributed by atoms with Gasteiger partial charge < -0.3 is 4.74 Å². The van der Waals surface area contributed by atoms with Gasteiger partial charge in [0.15, 0.2) is 11.6 Å². The van der Waals surface area contributed by atoms with Crippen LogP contribution in [0, 0.1) is 18.6 Å². The maximum atomic E-state index is 13.6. The van der Waals surface area contributed by atoms with Crippen molar-refractivity contribution in [2.75, 3.05) is 0 Å². The molecule has 0 N–H and O–H groups in total. The number of hydrogen-bond donors (Lipinski definition) is 0. The number of ether oxygens (including phenoxy) is 1. The van der Waals surface area contributed by atoms with E-state index in [1.807, 2.05) is 6.92 Å². The van der Waals surface area contributed by atoms with Crippen LogP contribution < -0.4 is 4.74 Å².